The molecule has 1 aliphatic carbocycles. The van der Waals surface area contributed by atoms with Gasteiger partial charge in [0.15, 0.2) is 0 Å². The number of Topliss-reactive ketones (excluding diaryl/α,β-unsaturated/α-hetero) is 2. The molecule has 130 valence electrons. The molecular formula is C20H23BrO2Y2-2. The molecule has 2 radical (unpaired) electrons. The van der Waals surface area contributed by atoms with Crippen LogP contribution >= 0.6 is 15.9 Å². The van der Waals surface area contributed by atoms with Gasteiger partial charge >= 0.3 is 0 Å². The zero-order valence-corrected chi connectivity index (χ0v) is 20.2. The van der Waals surface area contributed by atoms with Gasteiger partial charge in [0, 0.05) is 71.8 Å². The van der Waals surface area contributed by atoms with Gasteiger partial charge in [0.1, 0.15) is 11.6 Å². The van der Waals surface area contributed by atoms with Crippen molar-refractivity contribution < 1.29 is 75.0 Å². The summed E-state index contributed by atoms with van der Waals surface area (Å²) in [6.07, 6.45) is 1.60. The smallest absolute Gasteiger partial charge is 0.138 e. The van der Waals surface area contributed by atoms with Crippen LogP contribution in [0.4, 0.5) is 0 Å². The molecule has 0 aliphatic heterocycles. The molecule has 1 aliphatic rings. The molecule has 0 heterocycles. The Morgan fingerprint density at radius 3 is 2.20 bits per heavy atom. The van der Waals surface area contributed by atoms with Crippen LogP contribution in [0.5, 0.6) is 0 Å². The average molecular weight is 553 g/mol. The van der Waals surface area contributed by atoms with Crippen molar-refractivity contribution in [1.82, 2.24) is 0 Å². The number of ketones is 2. The first kappa shape index (κ1) is 30.2. The van der Waals surface area contributed by atoms with Crippen LogP contribution in [0.3, 0.4) is 0 Å². The van der Waals surface area contributed by atoms with Gasteiger partial charge in [0.2, 0.25) is 0 Å². The first-order valence-corrected chi connectivity index (χ1v) is 7.83. The second-order valence-corrected chi connectivity index (χ2v) is 5.34. The molecule has 0 fully saturated rings. The minimum Gasteiger partial charge on any atom is -0.297 e. The first-order valence-electron chi connectivity index (χ1n) is 6.71. The van der Waals surface area contributed by atoms with Crippen molar-refractivity contribution in [3.63, 3.8) is 0 Å². The SMILES string of the molecule is C.C.CC(=O)c1cc[c-]cc1CBr.O=C1CCc2c[c-]ccc21.[Y].[Y]. The van der Waals surface area contributed by atoms with Gasteiger partial charge < -0.3 is 0 Å². The topological polar surface area (TPSA) is 34.1 Å². The van der Waals surface area contributed by atoms with Crippen molar-refractivity contribution in [2.45, 2.75) is 39.9 Å². The molecule has 3 rings (SSSR count). The van der Waals surface area contributed by atoms with E-state index in [4.69, 9.17) is 0 Å². The van der Waals surface area contributed by atoms with Gasteiger partial charge in [-0.15, -0.1) is 27.1 Å². The van der Waals surface area contributed by atoms with Crippen molar-refractivity contribution >= 4 is 27.5 Å². The molecule has 0 N–H and O–H groups in total. The molecule has 0 bridgehead atoms. The molecule has 25 heavy (non-hydrogen) atoms. The second-order valence-electron chi connectivity index (χ2n) is 4.78. The van der Waals surface area contributed by atoms with Gasteiger partial charge in [-0.05, 0) is 12.3 Å². The summed E-state index contributed by atoms with van der Waals surface area (Å²) < 4.78 is 0. The fourth-order valence-electron chi connectivity index (χ4n) is 2.25. The summed E-state index contributed by atoms with van der Waals surface area (Å²) >= 11 is 3.30. The van der Waals surface area contributed by atoms with Gasteiger partial charge in [-0.1, -0.05) is 32.4 Å². The summed E-state index contributed by atoms with van der Waals surface area (Å²) in [5, 5.41) is 0.708. The monoisotopic (exact) mass is 552 g/mol. The van der Waals surface area contributed by atoms with Gasteiger partial charge in [-0.25, -0.2) is 0 Å². The molecule has 2 aromatic carbocycles. The number of hydrogen-bond donors (Lipinski definition) is 0. The van der Waals surface area contributed by atoms with Crippen LogP contribution in [-0.2, 0) is 77.2 Å². The van der Waals surface area contributed by atoms with E-state index in [1.54, 1.807) is 25.1 Å². The van der Waals surface area contributed by atoms with E-state index in [0.717, 1.165) is 28.7 Å². The summed E-state index contributed by atoms with van der Waals surface area (Å²) in [7, 11) is 0. The fourth-order valence-corrected chi connectivity index (χ4v) is 2.71. The van der Waals surface area contributed by atoms with E-state index in [0.29, 0.717) is 11.8 Å². The van der Waals surface area contributed by atoms with Crippen LogP contribution in [0.25, 0.3) is 0 Å². The Kier molecular flexibility index (Phi) is 18.7. The number of hydrogen-bond acceptors (Lipinski definition) is 2. The number of halogens is 1. The van der Waals surface area contributed by atoms with Crippen LogP contribution < -0.4 is 0 Å². The van der Waals surface area contributed by atoms with Crippen LogP contribution in [-0.4, -0.2) is 11.6 Å². The molecule has 0 saturated heterocycles. The third-order valence-corrected chi connectivity index (χ3v) is 3.95. The zero-order chi connectivity index (χ0) is 15.2. The Labute approximate surface area is 210 Å². The van der Waals surface area contributed by atoms with E-state index in [2.05, 4.69) is 28.1 Å². The summed E-state index contributed by atoms with van der Waals surface area (Å²) in [6.45, 7) is 1.57. The summed E-state index contributed by atoms with van der Waals surface area (Å²) in [5.41, 5.74) is 3.84. The molecule has 0 aromatic heterocycles. The fraction of sp³-hybridized carbons (Fsp3) is 0.300. The van der Waals surface area contributed by atoms with Crippen molar-refractivity contribution in [1.29, 1.82) is 0 Å². The van der Waals surface area contributed by atoms with Crippen LogP contribution in [0.2, 0.25) is 0 Å². The van der Waals surface area contributed by atoms with Gasteiger partial charge in [0.05, 0.1) is 0 Å². The molecular weight excluding hydrogens is 530 g/mol. The summed E-state index contributed by atoms with van der Waals surface area (Å²) in [6, 6.07) is 16.8. The maximum Gasteiger partial charge on any atom is 0.138 e. The third kappa shape index (κ3) is 8.80. The zero-order valence-electron chi connectivity index (χ0n) is 12.9. The number of aryl methyl sites for hydroxylation is 1. The molecule has 0 unspecified atom stereocenters. The molecule has 5 heteroatoms. The van der Waals surface area contributed by atoms with E-state index in [9.17, 15) is 9.59 Å². The summed E-state index contributed by atoms with van der Waals surface area (Å²) in [5.74, 6) is 0.387. The minimum absolute atomic E-state index is 0. The van der Waals surface area contributed by atoms with E-state index >= 15 is 0 Å². The van der Waals surface area contributed by atoms with Crippen LogP contribution in [0.15, 0.2) is 36.4 Å². The van der Waals surface area contributed by atoms with E-state index in [1.807, 2.05) is 18.2 Å². The number of alkyl halides is 1. The van der Waals surface area contributed by atoms with Crippen molar-refractivity contribution in [2.24, 2.45) is 0 Å². The van der Waals surface area contributed by atoms with Gasteiger partial charge in [0.25, 0.3) is 0 Å². The Hall–Kier alpha value is 0.468. The molecule has 0 amide bonds. The van der Waals surface area contributed by atoms with Crippen molar-refractivity contribution in [3.8, 4) is 0 Å². The normalized spacial score (nSPS) is 10.4. The maximum absolute atomic E-state index is 11.1. The van der Waals surface area contributed by atoms with Gasteiger partial charge in [-0.3, -0.25) is 9.59 Å². The Morgan fingerprint density at radius 1 is 1.08 bits per heavy atom. The van der Waals surface area contributed by atoms with E-state index in [-0.39, 0.29) is 91.8 Å². The molecule has 0 saturated carbocycles. The predicted octanol–water partition coefficient (Wildman–Crippen LogP) is 5.47. The van der Waals surface area contributed by atoms with Crippen molar-refractivity contribution in [3.05, 3.63) is 70.8 Å². The Bertz CT molecular complexity index is 672. The first-order chi connectivity index (χ1) is 10.1. The standard InChI is InChI=1S/C9H8BrO.C9H7O.2CH4.2Y/c1-7(11)9-5-3-2-4-8(9)6-10;10-9-6-5-7-3-1-2-4-8(7)9;;;;/h3-5H,6H2,1H3;2-4H,5-6H2;2*1H4;;/q2*-1;;;;. The molecule has 2 aromatic rings. The number of fused-ring (bicyclic) bond motifs is 1. The Balaban J connectivity index is -0.000000334. The number of rotatable bonds is 2. The molecule has 2 nitrogen and oxygen atoms in total. The van der Waals surface area contributed by atoms with Gasteiger partial charge in [-0.2, -0.15) is 48.5 Å². The quantitative estimate of drug-likeness (QED) is 0.281. The largest absolute Gasteiger partial charge is 0.297 e. The summed E-state index contributed by atoms with van der Waals surface area (Å²) in [4.78, 5) is 22.0. The number of carbonyl (C=O) groups is 2. The molecule has 0 atom stereocenters. The average Bonchev–Trinajstić information content (AvgIpc) is 2.90. The maximum atomic E-state index is 11.1. The van der Waals surface area contributed by atoms with E-state index < -0.39 is 0 Å². The minimum atomic E-state index is 0. The Morgan fingerprint density at radius 2 is 1.68 bits per heavy atom. The van der Waals surface area contributed by atoms with E-state index in [1.165, 1.54) is 0 Å². The number of benzene rings is 2. The second kappa shape index (κ2) is 15.5. The predicted molar refractivity (Wildman–Crippen MR) is 99.3 cm³/mol. The molecule has 0 spiro atoms. The van der Waals surface area contributed by atoms with Crippen molar-refractivity contribution in [2.75, 3.05) is 0 Å². The van der Waals surface area contributed by atoms with Crippen LogP contribution in [0, 0.1) is 12.1 Å². The third-order valence-electron chi connectivity index (χ3n) is 3.34. The van der Waals surface area contributed by atoms with Crippen LogP contribution in [0.1, 0.15) is 60.0 Å². The number of carbonyl (C=O) groups excluding carboxylic acids is 2.